The fraction of sp³-hybridized carbons (Fsp3) is 0.368. The van der Waals surface area contributed by atoms with Gasteiger partial charge in [0, 0.05) is 12.7 Å². The van der Waals surface area contributed by atoms with Crippen molar-refractivity contribution in [3.63, 3.8) is 0 Å². The van der Waals surface area contributed by atoms with E-state index in [0.29, 0.717) is 6.61 Å². The summed E-state index contributed by atoms with van der Waals surface area (Å²) in [6.45, 7) is 4.62. The molecule has 4 rings (SSSR count). The minimum Gasteiger partial charge on any atom is -0.495 e. The minimum atomic E-state index is 0.670. The van der Waals surface area contributed by atoms with E-state index in [9.17, 15) is 0 Å². The van der Waals surface area contributed by atoms with E-state index in [0.717, 1.165) is 54.5 Å². The molecule has 2 aliphatic rings. The number of ether oxygens (including phenoxy) is 1. The molecule has 0 radical (unpaired) electrons. The van der Waals surface area contributed by atoms with Gasteiger partial charge in [0.1, 0.15) is 12.4 Å². The van der Waals surface area contributed by atoms with Gasteiger partial charge in [-0.2, -0.15) is 0 Å². The smallest absolute Gasteiger partial charge is 0.171 e. The van der Waals surface area contributed by atoms with E-state index in [-0.39, 0.29) is 0 Å². The number of imidazole rings is 1. The van der Waals surface area contributed by atoms with E-state index in [4.69, 9.17) is 9.57 Å². The van der Waals surface area contributed by atoms with E-state index >= 15 is 0 Å². The predicted octanol–water partition coefficient (Wildman–Crippen LogP) is 3.01. The first-order valence-corrected chi connectivity index (χ1v) is 8.59. The molecule has 0 bridgehead atoms. The normalized spacial score (nSPS) is 18.6. The topological polar surface area (TPSA) is 51.9 Å². The van der Waals surface area contributed by atoms with Crippen LogP contribution in [0.4, 0.5) is 0 Å². The van der Waals surface area contributed by atoms with E-state index in [1.54, 1.807) is 13.4 Å². The molecule has 1 fully saturated rings. The maximum absolute atomic E-state index is 5.60. The number of piperidine rings is 1. The van der Waals surface area contributed by atoms with Crippen LogP contribution in [-0.2, 0) is 4.84 Å². The lowest BCUT2D eigenvalue weighted by Gasteiger charge is -2.33. The van der Waals surface area contributed by atoms with Gasteiger partial charge in [-0.25, -0.2) is 4.98 Å². The Morgan fingerprint density at radius 1 is 1.28 bits per heavy atom. The number of methoxy groups -OCH3 is 1. The highest BCUT2D eigenvalue weighted by Crippen LogP contribution is 2.28. The highest BCUT2D eigenvalue weighted by molar-refractivity contribution is 6.02. The molecule has 130 valence electrons. The first-order valence-electron chi connectivity index (χ1n) is 8.59. The maximum Gasteiger partial charge on any atom is 0.171 e. The zero-order valence-electron chi connectivity index (χ0n) is 14.6. The van der Waals surface area contributed by atoms with Gasteiger partial charge >= 0.3 is 0 Å². The van der Waals surface area contributed by atoms with Crippen LogP contribution in [0.2, 0.25) is 0 Å². The lowest BCUT2D eigenvalue weighted by atomic mass is 10.00. The quantitative estimate of drug-likeness (QED) is 0.863. The predicted molar refractivity (Wildman–Crippen MR) is 97.0 cm³/mol. The zero-order valence-corrected chi connectivity index (χ0v) is 14.6. The number of fused-ring (bicyclic) bond motifs is 1. The molecule has 6 nitrogen and oxygen atoms in total. The van der Waals surface area contributed by atoms with Crippen LogP contribution in [0.3, 0.4) is 0 Å². The fourth-order valence-corrected chi connectivity index (χ4v) is 3.36. The van der Waals surface area contributed by atoms with Crippen molar-refractivity contribution in [1.29, 1.82) is 0 Å². The van der Waals surface area contributed by atoms with Crippen LogP contribution in [0.15, 0.2) is 41.5 Å². The van der Waals surface area contributed by atoms with Crippen molar-refractivity contribution < 1.29 is 9.57 Å². The van der Waals surface area contributed by atoms with Crippen LogP contribution in [-0.4, -0.2) is 47.1 Å². The molecule has 0 aliphatic carbocycles. The summed E-state index contributed by atoms with van der Waals surface area (Å²) in [5, 5.41) is 4.27. The van der Waals surface area contributed by atoms with Crippen LogP contribution in [0.25, 0.3) is 11.8 Å². The number of aryl methyl sites for hydroxylation is 1. The van der Waals surface area contributed by atoms with Crippen LogP contribution in [0.5, 0.6) is 5.75 Å². The molecule has 0 atom stereocenters. The lowest BCUT2D eigenvalue weighted by Crippen LogP contribution is -2.41. The Bertz CT molecular complexity index is 838. The summed E-state index contributed by atoms with van der Waals surface area (Å²) in [5.41, 5.74) is 4.28. The number of hydrogen-bond donors (Lipinski definition) is 0. The molecule has 2 aliphatic heterocycles. The SMILES string of the molecule is COc1cc(/C=C2\CCCN3CCON=C23)ccc1-n1cnc(C)c1. The highest BCUT2D eigenvalue weighted by Gasteiger charge is 2.24. The van der Waals surface area contributed by atoms with Crippen molar-refractivity contribution in [2.45, 2.75) is 19.8 Å². The number of benzene rings is 1. The van der Waals surface area contributed by atoms with Gasteiger partial charge in [-0.15, -0.1) is 0 Å². The van der Waals surface area contributed by atoms with Gasteiger partial charge in [-0.3, -0.25) is 0 Å². The molecule has 1 aromatic heterocycles. The Balaban J connectivity index is 1.68. The molecule has 0 saturated carbocycles. The molecular formula is C19H22N4O2. The zero-order chi connectivity index (χ0) is 17.2. The Morgan fingerprint density at radius 3 is 3.00 bits per heavy atom. The number of nitrogens with zero attached hydrogens (tertiary/aromatic N) is 4. The number of rotatable bonds is 3. The maximum atomic E-state index is 5.60. The van der Waals surface area contributed by atoms with Gasteiger partial charge in [0.2, 0.25) is 0 Å². The molecule has 0 N–H and O–H groups in total. The van der Waals surface area contributed by atoms with Crippen molar-refractivity contribution in [1.82, 2.24) is 14.5 Å². The van der Waals surface area contributed by atoms with E-state index in [1.165, 1.54) is 5.57 Å². The van der Waals surface area contributed by atoms with Gasteiger partial charge in [-0.1, -0.05) is 11.2 Å². The molecule has 0 spiro atoms. The van der Waals surface area contributed by atoms with Gasteiger partial charge in [-0.05, 0) is 49.1 Å². The van der Waals surface area contributed by atoms with Gasteiger partial charge in [0.05, 0.1) is 31.4 Å². The van der Waals surface area contributed by atoms with E-state index in [1.807, 2.05) is 17.7 Å². The summed E-state index contributed by atoms with van der Waals surface area (Å²) in [7, 11) is 1.70. The van der Waals surface area contributed by atoms with Crippen LogP contribution in [0, 0.1) is 6.92 Å². The van der Waals surface area contributed by atoms with Gasteiger partial charge < -0.3 is 19.0 Å². The molecule has 25 heavy (non-hydrogen) atoms. The average molecular weight is 338 g/mol. The number of oxime groups is 1. The summed E-state index contributed by atoms with van der Waals surface area (Å²) in [6, 6.07) is 6.22. The number of amidine groups is 1. The summed E-state index contributed by atoms with van der Waals surface area (Å²) in [6.07, 6.45) is 8.14. The summed E-state index contributed by atoms with van der Waals surface area (Å²) in [4.78, 5) is 11.9. The lowest BCUT2D eigenvalue weighted by molar-refractivity contribution is 0.0994. The van der Waals surface area contributed by atoms with Gasteiger partial charge in [0.15, 0.2) is 5.84 Å². The number of aromatic nitrogens is 2. The van der Waals surface area contributed by atoms with Crippen molar-refractivity contribution in [3.05, 3.63) is 47.6 Å². The third-order valence-corrected chi connectivity index (χ3v) is 4.60. The Morgan fingerprint density at radius 2 is 2.20 bits per heavy atom. The number of hydrogen-bond acceptors (Lipinski definition) is 5. The standard InChI is InChI=1S/C19H22N4O2/c1-14-12-23(13-20-14)17-6-5-15(11-18(17)24-2)10-16-4-3-7-22-8-9-25-21-19(16)22/h5-6,10-13H,3-4,7-9H2,1-2H3/b16-10+. The van der Waals surface area contributed by atoms with E-state index in [2.05, 4.69) is 39.3 Å². The van der Waals surface area contributed by atoms with Crippen molar-refractivity contribution >= 4 is 11.9 Å². The Hall–Kier alpha value is -2.76. The summed E-state index contributed by atoms with van der Waals surface area (Å²) in [5.74, 6) is 1.80. The van der Waals surface area contributed by atoms with Gasteiger partial charge in [0.25, 0.3) is 0 Å². The van der Waals surface area contributed by atoms with Crippen molar-refractivity contribution in [3.8, 4) is 11.4 Å². The Kier molecular flexibility index (Phi) is 4.17. The molecule has 1 saturated heterocycles. The second-order valence-electron chi connectivity index (χ2n) is 6.36. The Labute approximate surface area is 147 Å². The summed E-state index contributed by atoms with van der Waals surface area (Å²) >= 11 is 0. The molecule has 0 unspecified atom stereocenters. The second-order valence-corrected chi connectivity index (χ2v) is 6.36. The largest absolute Gasteiger partial charge is 0.495 e. The highest BCUT2D eigenvalue weighted by atomic mass is 16.6. The minimum absolute atomic E-state index is 0.670. The van der Waals surface area contributed by atoms with Crippen LogP contribution >= 0.6 is 0 Å². The first-order chi connectivity index (χ1) is 12.2. The molecule has 0 amide bonds. The summed E-state index contributed by atoms with van der Waals surface area (Å²) < 4.78 is 7.58. The molecule has 1 aromatic carbocycles. The molecule has 3 heterocycles. The average Bonchev–Trinajstić information content (AvgIpc) is 3.08. The van der Waals surface area contributed by atoms with Crippen LogP contribution in [0.1, 0.15) is 24.1 Å². The first kappa shape index (κ1) is 15.7. The van der Waals surface area contributed by atoms with Crippen molar-refractivity contribution in [2.24, 2.45) is 5.16 Å². The van der Waals surface area contributed by atoms with Crippen molar-refractivity contribution in [2.75, 3.05) is 26.8 Å². The third kappa shape index (κ3) is 3.12. The fourth-order valence-electron chi connectivity index (χ4n) is 3.36. The third-order valence-electron chi connectivity index (χ3n) is 4.60. The molecular weight excluding hydrogens is 316 g/mol. The monoisotopic (exact) mass is 338 g/mol. The van der Waals surface area contributed by atoms with Crippen LogP contribution < -0.4 is 4.74 Å². The molecule has 6 heteroatoms. The molecule has 2 aromatic rings. The van der Waals surface area contributed by atoms with E-state index < -0.39 is 0 Å². The second kappa shape index (κ2) is 6.63.